The number of hydrogen-bond donors (Lipinski definition) is 2. The normalized spacial score (nSPS) is 20.5. The van der Waals surface area contributed by atoms with Crippen LogP contribution >= 0.6 is 11.8 Å². The highest BCUT2D eigenvalue weighted by Crippen LogP contribution is 2.23. The summed E-state index contributed by atoms with van der Waals surface area (Å²) in [5, 5.41) is 6.21. The third-order valence-corrected chi connectivity index (χ3v) is 1.94. The van der Waals surface area contributed by atoms with Crippen molar-refractivity contribution in [1.29, 1.82) is 0 Å². The molecule has 0 spiro atoms. The first kappa shape index (κ1) is 7.28. The largest absolute Gasteiger partial charge is 0.399 e. The molecule has 0 radical (unpaired) electrons. The van der Waals surface area contributed by atoms with Gasteiger partial charge in [0.1, 0.15) is 0 Å². The summed E-state index contributed by atoms with van der Waals surface area (Å²) in [4.78, 5) is 0. The van der Waals surface area contributed by atoms with Gasteiger partial charge in [0.05, 0.1) is 5.03 Å². The topological polar surface area (TPSA) is 38.0 Å². The minimum atomic E-state index is 0.582. The molecule has 3 heteroatoms. The van der Waals surface area contributed by atoms with Gasteiger partial charge in [-0.05, 0) is 18.4 Å². The Labute approximate surface area is 64.9 Å². The monoisotopic (exact) mass is 154 g/mol. The molecule has 0 aliphatic carbocycles. The standard InChI is InChI=1S/C7H10N2S/c1-5(8)3-7-9-6(2)4-10-7/h3-4,9H,1,8H2,2H3/b7-3+. The molecule has 1 rings (SSSR count). The summed E-state index contributed by atoms with van der Waals surface area (Å²) < 4.78 is 0. The molecule has 10 heavy (non-hydrogen) atoms. The molecule has 0 saturated carbocycles. The zero-order valence-corrected chi connectivity index (χ0v) is 6.66. The molecule has 1 aliphatic heterocycles. The number of rotatable bonds is 1. The van der Waals surface area contributed by atoms with Crippen LogP contribution in [-0.2, 0) is 0 Å². The van der Waals surface area contributed by atoms with E-state index in [4.69, 9.17) is 5.73 Å². The fourth-order valence-corrected chi connectivity index (χ4v) is 1.45. The third-order valence-electron chi connectivity index (χ3n) is 1.000. The lowest BCUT2D eigenvalue weighted by Gasteiger charge is -1.97. The van der Waals surface area contributed by atoms with Crippen LogP contribution in [0.3, 0.4) is 0 Å². The maximum atomic E-state index is 5.37. The minimum Gasteiger partial charge on any atom is -0.399 e. The number of allylic oxidation sites excluding steroid dienone is 2. The van der Waals surface area contributed by atoms with Crippen LogP contribution in [0.1, 0.15) is 6.92 Å². The van der Waals surface area contributed by atoms with Crippen molar-refractivity contribution in [2.24, 2.45) is 5.73 Å². The average Bonchev–Trinajstić information content (AvgIpc) is 2.13. The lowest BCUT2D eigenvalue weighted by atomic mass is 10.5. The van der Waals surface area contributed by atoms with E-state index in [0.717, 1.165) is 10.7 Å². The molecule has 0 fully saturated rings. The van der Waals surface area contributed by atoms with Crippen molar-refractivity contribution in [3.05, 3.63) is 34.5 Å². The van der Waals surface area contributed by atoms with E-state index in [1.54, 1.807) is 11.8 Å². The van der Waals surface area contributed by atoms with E-state index in [1.165, 1.54) is 0 Å². The molecule has 3 N–H and O–H groups in total. The Kier molecular flexibility index (Phi) is 2.06. The Morgan fingerprint density at radius 2 is 2.60 bits per heavy atom. The van der Waals surface area contributed by atoms with Gasteiger partial charge < -0.3 is 11.1 Å². The van der Waals surface area contributed by atoms with Crippen molar-refractivity contribution < 1.29 is 0 Å². The van der Waals surface area contributed by atoms with Gasteiger partial charge in [0.15, 0.2) is 0 Å². The van der Waals surface area contributed by atoms with Crippen molar-refractivity contribution in [2.45, 2.75) is 6.92 Å². The molecule has 0 bridgehead atoms. The minimum absolute atomic E-state index is 0.582. The number of hydrogen-bond acceptors (Lipinski definition) is 3. The second-order valence-corrected chi connectivity index (χ2v) is 3.04. The van der Waals surface area contributed by atoms with Crippen molar-refractivity contribution in [3.63, 3.8) is 0 Å². The Morgan fingerprint density at radius 1 is 1.90 bits per heavy atom. The molecule has 0 aromatic heterocycles. The van der Waals surface area contributed by atoms with Crippen LogP contribution in [0, 0.1) is 0 Å². The van der Waals surface area contributed by atoms with Crippen LogP contribution in [0.5, 0.6) is 0 Å². The number of thioether (sulfide) groups is 1. The first-order valence-electron chi connectivity index (χ1n) is 2.95. The van der Waals surface area contributed by atoms with Crippen molar-refractivity contribution >= 4 is 11.8 Å². The summed E-state index contributed by atoms with van der Waals surface area (Å²) in [5.74, 6) is 0. The van der Waals surface area contributed by atoms with Crippen LogP contribution in [-0.4, -0.2) is 0 Å². The van der Waals surface area contributed by atoms with Gasteiger partial charge in [0, 0.05) is 11.4 Å². The van der Waals surface area contributed by atoms with Gasteiger partial charge in [0.25, 0.3) is 0 Å². The first-order chi connectivity index (χ1) is 4.68. The van der Waals surface area contributed by atoms with E-state index in [2.05, 4.69) is 11.9 Å². The molecule has 2 nitrogen and oxygen atoms in total. The van der Waals surface area contributed by atoms with Crippen LogP contribution in [0.25, 0.3) is 0 Å². The third kappa shape index (κ3) is 1.84. The fourth-order valence-electron chi connectivity index (χ4n) is 0.644. The maximum absolute atomic E-state index is 5.37. The second kappa shape index (κ2) is 2.84. The number of nitrogens with two attached hydrogens (primary N) is 1. The zero-order chi connectivity index (χ0) is 7.56. The number of nitrogens with one attached hydrogen (secondary N) is 1. The second-order valence-electron chi connectivity index (χ2n) is 2.13. The van der Waals surface area contributed by atoms with E-state index in [0.29, 0.717) is 5.70 Å². The molecule has 0 unspecified atom stereocenters. The van der Waals surface area contributed by atoms with Crippen molar-refractivity contribution in [2.75, 3.05) is 0 Å². The highest BCUT2D eigenvalue weighted by atomic mass is 32.2. The van der Waals surface area contributed by atoms with Crippen LogP contribution in [0.4, 0.5) is 0 Å². The van der Waals surface area contributed by atoms with Crippen molar-refractivity contribution in [1.82, 2.24) is 5.32 Å². The highest BCUT2D eigenvalue weighted by molar-refractivity contribution is 8.06. The van der Waals surface area contributed by atoms with E-state index in [9.17, 15) is 0 Å². The molecule has 0 amide bonds. The van der Waals surface area contributed by atoms with Gasteiger partial charge in [-0.25, -0.2) is 0 Å². The van der Waals surface area contributed by atoms with Gasteiger partial charge in [-0.15, -0.1) is 0 Å². The Balaban J connectivity index is 2.57. The summed E-state index contributed by atoms with van der Waals surface area (Å²) >= 11 is 1.63. The quantitative estimate of drug-likeness (QED) is 0.601. The van der Waals surface area contributed by atoms with Crippen molar-refractivity contribution in [3.8, 4) is 0 Å². The SMILES string of the molecule is C=C(N)/C=C1\NC(C)=CS1. The van der Waals surface area contributed by atoms with E-state index >= 15 is 0 Å². The maximum Gasteiger partial charge on any atom is 0.0786 e. The summed E-state index contributed by atoms with van der Waals surface area (Å²) in [6, 6.07) is 0. The van der Waals surface area contributed by atoms with Gasteiger partial charge in [0.2, 0.25) is 0 Å². The lowest BCUT2D eigenvalue weighted by molar-refractivity contribution is 1.06. The van der Waals surface area contributed by atoms with Crippen LogP contribution in [0.2, 0.25) is 0 Å². The molecule has 1 aliphatic rings. The molecule has 0 aromatic carbocycles. The summed E-state index contributed by atoms with van der Waals surface area (Å²) in [6.45, 7) is 5.58. The predicted molar refractivity (Wildman–Crippen MR) is 45.9 cm³/mol. The molecule has 1 heterocycles. The van der Waals surface area contributed by atoms with E-state index < -0.39 is 0 Å². The van der Waals surface area contributed by atoms with Gasteiger partial charge >= 0.3 is 0 Å². The molecular weight excluding hydrogens is 144 g/mol. The van der Waals surface area contributed by atoms with Gasteiger partial charge in [-0.2, -0.15) is 0 Å². The smallest absolute Gasteiger partial charge is 0.0786 e. The molecular formula is C7H10N2S. The van der Waals surface area contributed by atoms with Crippen LogP contribution in [0.15, 0.2) is 34.5 Å². The Hall–Kier alpha value is -0.830. The summed E-state index contributed by atoms with van der Waals surface area (Å²) in [7, 11) is 0. The molecule has 0 saturated heterocycles. The summed E-state index contributed by atoms with van der Waals surface area (Å²) in [6.07, 6.45) is 1.82. The molecule has 54 valence electrons. The molecule has 0 atom stereocenters. The fraction of sp³-hybridized carbons (Fsp3) is 0.143. The Morgan fingerprint density at radius 3 is 3.00 bits per heavy atom. The Bertz CT molecular complexity index is 216. The van der Waals surface area contributed by atoms with Crippen LogP contribution < -0.4 is 11.1 Å². The molecule has 0 aromatic rings. The highest BCUT2D eigenvalue weighted by Gasteiger charge is 2.03. The van der Waals surface area contributed by atoms with Gasteiger partial charge in [-0.3, -0.25) is 0 Å². The van der Waals surface area contributed by atoms with E-state index in [1.807, 2.05) is 18.4 Å². The summed E-state index contributed by atoms with van der Waals surface area (Å²) in [5.41, 5.74) is 7.10. The lowest BCUT2D eigenvalue weighted by Crippen LogP contribution is -2.03. The van der Waals surface area contributed by atoms with Gasteiger partial charge in [-0.1, -0.05) is 18.3 Å². The van der Waals surface area contributed by atoms with E-state index in [-0.39, 0.29) is 0 Å². The first-order valence-corrected chi connectivity index (χ1v) is 3.83. The predicted octanol–water partition coefficient (Wildman–Crippen LogP) is 1.50. The zero-order valence-electron chi connectivity index (χ0n) is 5.85. The average molecular weight is 154 g/mol.